The highest BCUT2D eigenvalue weighted by Gasteiger charge is 2.28. The van der Waals surface area contributed by atoms with Crippen molar-refractivity contribution in [1.29, 1.82) is 0 Å². The van der Waals surface area contributed by atoms with Gasteiger partial charge in [0.25, 0.3) is 5.92 Å². The summed E-state index contributed by atoms with van der Waals surface area (Å²) in [4.78, 5) is 0. The molecule has 0 aliphatic rings. The van der Waals surface area contributed by atoms with E-state index in [1.807, 2.05) is 0 Å². The predicted molar refractivity (Wildman–Crippen MR) is 43.6 cm³/mol. The smallest absolute Gasteiger partial charge is 0.274 e. The van der Waals surface area contributed by atoms with Gasteiger partial charge >= 0.3 is 0 Å². The van der Waals surface area contributed by atoms with Gasteiger partial charge in [-0.3, -0.25) is 0 Å². The quantitative estimate of drug-likeness (QED) is 0.679. The van der Waals surface area contributed by atoms with Crippen LogP contribution in [0.3, 0.4) is 0 Å². The number of hydrogen-bond acceptors (Lipinski definition) is 2. The molecule has 0 aliphatic carbocycles. The fourth-order valence-corrected chi connectivity index (χ4v) is 1.24. The molecule has 2 rings (SSSR count). The van der Waals surface area contributed by atoms with Crippen LogP contribution in [0.1, 0.15) is 12.5 Å². The number of para-hydroxylation sites is 1. The fourth-order valence-electron chi connectivity index (χ4n) is 1.24. The van der Waals surface area contributed by atoms with Gasteiger partial charge < -0.3 is 4.52 Å². The third kappa shape index (κ3) is 1.28. The van der Waals surface area contributed by atoms with Crippen molar-refractivity contribution in [2.75, 3.05) is 0 Å². The van der Waals surface area contributed by atoms with Gasteiger partial charge in [-0.15, -0.1) is 0 Å². The molecule has 0 aliphatic heterocycles. The molecule has 2 nitrogen and oxygen atoms in total. The Morgan fingerprint density at radius 3 is 2.85 bits per heavy atom. The topological polar surface area (TPSA) is 26.0 Å². The Balaban J connectivity index is 2.75. The van der Waals surface area contributed by atoms with Crippen LogP contribution in [0.2, 0.25) is 0 Å². The molecule has 0 amide bonds. The molecular formula is C9H7F2NO. The van der Waals surface area contributed by atoms with E-state index in [0.29, 0.717) is 5.39 Å². The highest BCUT2D eigenvalue weighted by atomic mass is 19.3. The molecule has 0 atom stereocenters. The number of halogens is 2. The van der Waals surface area contributed by atoms with Gasteiger partial charge in [0.2, 0.25) is 0 Å². The molecule has 0 spiro atoms. The van der Waals surface area contributed by atoms with Crippen LogP contribution < -0.4 is 0 Å². The summed E-state index contributed by atoms with van der Waals surface area (Å²) in [5.41, 5.74) is 0.0394. The summed E-state index contributed by atoms with van der Waals surface area (Å²) >= 11 is 0. The zero-order chi connectivity index (χ0) is 9.47. The maximum Gasteiger partial charge on any atom is 0.274 e. The molecule has 2 aromatic rings. The van der Waals surface area contributed by atoms with Crippen LogP contribution >= 0.6 is 0 Å². The third-order valence-electron chi connectivity index (χ3n) is 1.85. The summed E-state index contributed by atoms with van der Waals surface area (Å²) in [6, 6.07) is 4.58. The van der Waals surface area contributed by atoms with Gasteiger partial charge in [-0.05, 0) is 12.1 Å². The van der Waals surface area contributed by atoms with Crippen molar-refractivity contribution >= 4 is 11.0 Å². The van der Waals surface area contributed by atoms with Gasteiger partial charge in [-0.1, -0.05) is 11.2 Å². The maximum absolute atomic E-state index is 13.0. The lowest BCUT2D eigenvalue weighted by Crippen LogP contribution is -2.06. The lowest BCUT2D eigenvalue weighted by Gasteiger charge is -2.09. The van der Waals surface area contributed by atoms with Gasteiger partial charge in [0.15, 0.2) is 5.58 Å². The molecule has 0 bridgehead atoms. The van der Waals surface area contributed by atoms with Crippen LogP contribution in [0.25, 0.3) is 11.0 Å². The highest BCUT2D eigenvalue weighted by Crippen LogP contribution is 2.32. The second kappa shape index (κ2) is 2.52. The van der Waals surface area contributed by atoms with Crippen molar-refractivity contribution in [3.63, 3.8) is 0 Å². The average molecular weight is 183 g/mol. The molecule has 0 radical (unpaired) electrons. The Labute approximate surface area is 73.1 Å². The van der Waals surface area contributed by atoms with Gasteiger partial charge in [0, 0.05) is 12.3 Å². The van der Waals surface area contributed by atoms with Crippen molar-refractivity contribution in [2.45, 2.75) is 12.8 Å². The number of hydrogen-bond donors (Lipinski definition) is 0. The van der Waals surface area contributed by atoms with Crippen molar-refractivity contribution in [3.8, 4) is 0 Å². The Morgan fingerprint density at radius 2 is 2.15 bits per heavy atom. The first-order valence-corrected chi connectivity index (χ1v) is 3.81. The van der Waals surface area contributed by atoms with Gasteiger partial charge in [0.1, 0.15) is 0 Å². The minimum atomic E-state index is -2.89. The zero-order valence-corrected chi connectivity index (χ0v) is 6.92. The molecule has 1 aromatic heterocycles. The Kier molecular flexibility index (Phi) is 1.58. The largest absolute Gasteiger partial charge is 0.356 e. The van der Waals surface area contributed by atoms with Crippen LogP contribution in [-0.4, -0.2) is 5.16 Å². The summed E-state index contributed by atoms with van der Waals surface area (Å²) in [7, 11) is 0. The van der Waals surface area contributed by atoms with E-state index < -0.39 is 5.92 Å². The Morgan fingerprint density at radius 1 is 1.38 bits per heavy atom. The minimum Gasteiger partial charge on any atom is -0.356 e. The van der Waals surface area contributed by atoms with E-state index in [-0.39, 0.29) is 11.1 Å². The van der Waals surface area contributed by atoms with E-state index in [2.05, 4.69) is 5.16 Å². The van der Waals surface area contributed by atoms with Crippen LogP contribution in [0.5, 0.6) is 0 Å². The first kappa shape index (κ1) is 8.16. The summed E-state index contributed by atoms with van der Waals surface area (Å²) < 4.78 is 30.7. The number of nitrogens with zero attached hydrogens (tertiary/aromatic N) is 1. The van der Waals surface area contributed by atoms with Crippen molar-refractivity contribution in [2.24, 2.45) is 0 Å². The summed E-state index contributed by atoms with van der Waals surface area (Å²) in [5, 5.41) is 4.06. The molecule has 13 heavy (non-hydrogen) atoms. The lowest BCUT2D eigenvalue weighted by atomic mass is 10.1. The van der Waals surface area contributed by atoms with Crippen LogP contribution in [0, 0.1) is 0 Å². The van der Waals surface area contributed by atoms with E-state index in [1.165, 1.54) is 12.3 Å². The van der Waals surface area contributed by atoms with Crippen molar-refractivity contribution < 1.29 is 13.3 Å². The van der Waals surface area contributed by atoms with E-state index in [4.69, 9.17) is 4.52 Å². The minimum absolute atomic E-state index is 0.123. The number of benzene rings is 1. The lowest BCUT2D eigenvalue weighted by molar-refractivity contribution is 0.0179. The van der Waals surface area contributed by atoms with Gasteiger partial charge in [0.05, 0.1) is 11.8 Å². The molecule has 1 heterocycles. The summed E-state index contributed by atoms with van der Waals surface area (Å²) in [5.74, 6) is -2.89. The number of aromatic nitrogens is 1. The second-order valence-corrected chi connectivity index (χ2v) is 2.94. The molecule has 0 unspecified atom stereocenters. The Hall–Kier alpha value is -1.45. The molecule has 4 heteroatoms. The molecule has 1 aromatic carbocycles. The van der Waals surface area contributed by atoms with Crippen LogP contribution in [-0.2, 0) is 5.92 Å². The van der Waals surface area contributed by atoms with Crippen molar-refractivity contribution in [3.05, 3.63) is 30.0 Å². The van der Waals surface area contributed by atoms with Crippen LogP contribution in [0.4, 0.5) is 8.78 Å². The molecule has 0 N–H and O–H groups in total. The SMILES string of the molecule is CC(F)(F)c1cccc2cnoc12. The molecule has 0 saturated heterocycles. The number of fused-ring (bicyclic) bond motifs is 1. The van der Waals surface area contributed by atoms with Gasteiger partial charge in [-0.25, -0.2) is 8.78 Å². The zero-order valence-electron chi connectivity index (χ0n) is 6.92. The first-order chi connectivity index (χ1) is 6.09. The number of alkyl halides is 2. The van der Waals surface area contributed by atoms with E-state index in [1.54, 1.807) is 12.1 Å². The molecule has 68 valence electrons. The second-order valence-electron chi connectivity index (χ2n) is 2.94. The van der Waals surface area contributed by atoms with E-state index in [9.17, 15) is 8.78 Å². The summed E-state index contributed by atoms with van der Waals surface area (Å²) in [6.07, 6.45) is 1.42. The number of rotatable bonds is 1. The highest BCUT2D eigenvalue weighted by molar-refractivity contribution is 5.79. The maximum atomic E-state index is 13.0. The first-order valence-electron chi connectivity index (χ1n) is 3.81. The van der Waals surface area contributed by atoms with E-state index >= 15 is 0 Å². The fraction of sp³-hybridized carbons (Fsp3) is 0.222. The van der Waals surface area contributed by atoms with E-state index in [0.717, 1.165) is 6.92 Å². The normalized spacial score (nSPS) is 12.2. The standard InChI is InChI=1S/C9H7F2NO/c1-9(10,11)7-4-2-3-6-5-12-13-8(6)7/h2-5H,1H3. The molecular weight excluding hydrogens is 176 g/mol. The predicted octanol–water partition coefficient (Wildman–Crippen LogP) is 2.94. The van der Waals surface area contributed by atoms with Gasteiger partial charge in [-0.2, -0.15) is 0 Å². The van der Waals surface area contributed by atoms with Crippen LogP contribution in [0.15, 0.2) is 28.9 Å². The average Bonchev–Trinajstić information content (AvgIpc) is 2.48. The monoisotopic (exact) mass is 183 g/mol. The molecule has 0 fully saturated rings. The molecule has 0 saturated carbocycles. The Bertz CT molecular complexity index is 430. The third-order valence-corrected chi connectivity index (χ3v) is 1.85. The van der Waals surface area contributed by atoms with Crippen molar-refractivity contribution in [1.82, 2.24) is 5.16 Å². The summed E-state index contributed by atoms with van der Waals surface area (Å²) in [6.45, 7) is 0.838.